The highest BCUT2D eigenvalue weighted by Gasteiger charge is 2.09. The molecule has 0 amide bonds. The molecule has 0 aliphatic carbocycles. The second-order valence-electron chi connectivity index (χ2n) is 5.96. The third-order valence-electron chi connectivity index (χ3n) is 4.01. The largest absolute Gasteiger partial charge is 0.508 e. The van der Waals surface area contributed by atoms with Gasteiger partial charge in [-0.05, 0) is 60.9 Å². The van der Waals surface area contributed by atoms with Gasteiger partial charge in [-0.15, -0.1) is 0 Å². The standard InChI is InChI=1S/C22H22O3/c1-3-16(2)24-21-9-4-5-10-22(21)25-20-13-11-17(12-14-20)18-7-6-8-19(23)15-18/h4-16,23H,3H2,1-2H3. The van der Waals surface area contributed by atoms with Gasteiger partial charge in [0.2, 0.25) is 0 Å². The molecule has 0 aromatic heterocycles. The minimum atomic E-state index is 0.137. The van der Waals surface area contributed by atoms with E-state index in [1.165, 1.54) is 0 Å². The highest BCUT2D eigenvalue weighted by molar-refractivity contribution is 5.65. The van der Waals surface area contributed by atoms with Crippen molar-refractivity contribution in [2.45, 2.75) is 26.4 Å². The van der Waals surface area contributed by atoms with Crippen molar-refractivity contribution in [1.29, 1.82) is 0 Å². The minimum absolute atomic E-state index is 0.137. The second-order valence-corrected chi connectivity index (χ2v) is 5.96. The molecule has 1 unspecified atom stereocenters. The first-order valence-electron chi connectivity index (χ1n) is 8.48. The van der Waals surface area contributed by atoms with Gasteiger partial charge in [0.15, 0.2) is 11.5 Å². The van der Waals surface area contributed by atoms with Crippen molar-refractivity contribution in [1.82, 2.24) is 0 Å². The zero-order valence-electron chi connectivity index (χ0n) is 14.5. The van der Waals surface area contributed by atoms with Crippen molar-refractivity contribution in [3.63, 3.8) is 0 Å². The van der Waals surface area contributed by atoms with Crippen molar-refractivity contribution in [2.75, 3.05) is 0 Å². The van der Waals surface area contributed by atoms with E-state index in [4.69, 9.17) is 9.47 Å². The Morgan fingerprint density at radius 3 is 2.24 bits per heavy atom. The van der Waals surface area contributed by atoms with Crippen LogP contribution in [-0.2, 0) is 0 Å². The van der Waals surface area contributed by atoms with Crippen molar-refractivity contribution >= 4 is 0 Å². The fraction of sp³-hybridized carbons (Fsp3) is 0.182. The molecule has 3 heteroatoms. The number of phenolic OH excluding ortho intramolecular Hbond substituents is 1. The molecular weight excluding hydrogens is 312 g/mol. The summed E-state index contributed by atoms with van der Waals surface area (Å²) in [6, 6.07) is 22.7. The average Bonchev–Trinajstić information content (AvgIpc) is 2.64. The van der Waals surface area contributed by atoms with Gasteiger partial charge >= 0.3 is 0 Å². The Morgan fingerprint density at radius 1 is 0.840 bits per heavy atom. The molecule has 1 N–H and O–H groups in total. The van der Waals surface area contributed by atoms with Gasteiger partial charge in [-0.2, -0.15) is 0 Å². The lowest BCUT2D eigenvalue weighted by Crippen LogP contribution is -2.10. The van der Waals surface area contributed by atoms with Crippen LogP contribution in [0.3, 0.4) is 0 Å². The Kier molecular flexibility index (Phi) is 5.24. The maximum Gasteiger partial charge on any atom is 0.169 e. The summed E-state index contributed by atoms with van der Waals surface area (Å²) in [6.45, 7) is 4.13. The van der Waals surface area contributed by atoms with E-state index in [-0.39, 0.29) is 11.9 Å². The normalized spacial score (nSPS) is 11.8. The lowest BCUT2D eigenvalue weighted by Gasteiger charge is -2.16. The molecule has 25 heavy (non-hydrogen) atoms. The molecule has 128 valence electrons. The van der Waals surface area contributed by atoms with Crippen LogP contribution in [0.5, 0.6) is 23.0 Å². The topological polar surface area (TPSA) is 38.7 Å². The fourth-order valence-electron chi connectivity index (χ4n) is 2.46. The molecule has 3 nitrogen and oxygen atoms in total. The van der Waals surface area contributed by atoms with Gasteiger partial charge < -0.3 is 14.6 Å². The molecule has 1 atom stereocenters. The van der Waals surface area contributed by atoms with Crippen molar-refractivity contribution in [2.24, 2.45) is 0 Å². The van der Waals surface area contributed by atoms with E-state index in [0.717, 1.165) is 29.0 Å². The van der Waals surface area contributed by atoms with Crippen LogP contribution in [0.4, 0.5) is 0 Å². The fourth-order valence-corrected chi connectivity index (χ4v) is 2.46. The van der Waals surface area contributed by atoms with Crippen molar-refractivity contribution < 1.29 is 14.6 Å². The Morgan fingerprint density at radius 2 is 1.56 bits per heavy atom. The first-order valence-corrected chi connectivity index (χ1v) is 8.48. The first kappa shape index (κ1) is 16.9. The van der Waals surface area contributed by atoms with Crippen LogP contribution in [0.1, 0.15) is 20.3 Å². The Labute approximate surface area is 148 Å². The van der Waals surface area contributed by atoms with Crippen LogP contribution >= 0.6 is 0 Å². The first-order chi connectivity index (χ1) is 12.2. The van der Waals surface area contributed by atoms with Crippen LogP contribution in [0, 0.1) is 0 Å². The van der Waals surface area contributed by atoms with E-state index in [9.17, 15) is 5.11 Å². The number of hydrogen-bond acceptors (Lipinski definition) is 3. The Hall–Kier alpha value is -2.94. The minimum Gasteiger partial charge on any atom is -0.508 e. The average molecular weight is 334 g/mol. The van der Waals surface area contributed by atoms with E-state index < -0.39 is 0 Å². The molecule has 0 radical (unpaired) electrons. The van der Waals surface area contributed by atoms with E-state index in [0.29, 0.717) is 5.75 Å². The Balaban J connectivity index is 1.78. The third-order valence-corrected chi connectivity index (χ3v) is 4.01. The molecule has 0 saturated heterocycles. The number of hydrogen-bond donors (Lipinski definition) is 1. The number of aromatic hydroxyl groups is 1. The number of benzene rings is 3. The summed E-state index contributed by atoms with van der Waals surface area (Å²) in [5.41, 5.74) is 1.99. The molecule has 0 heterocycles. The third kappa shape index (κ3) is 4.32. The van der Waals surface area contributed by atoms with Crippen LogP contribution in [-0.4, -0.2) is 11.2 Å². The maximum absolute atomic E-state index is 9.61. The Bertz CT molecular complexity index is 825. The van der Waals surface area contributed by atoms with Crippen LogP contribution < -0.4 is 9.47 Å². The summed E-state index contributed by atoms with van der Waals surface area (Å²) < 4.78 is 11.9. The van der Waals surface area contributed by atoms with E-state index >= 15 is 0 Å². The monoisotopic (exact) mass is 334 g/mol. The van der Waals surface area contributed by atoms with Crippen molar-refractivity contribution in [3.05, 3.63) is 72.8 Å². The molecule has 3 rings (SSSR count). The molecule has 0 spiro atoms. The van der Waals surface area contributed by atoms with Gasteiger partial charge in [0.25, 0.3) is 0 Å². The molecule has 0 saturated carbocycles. The van der Waals surface area contributed by atoms with Crippen LogP contribution in [0.15, 0.2) is 72.8 Å². The van der Waals surface area contributed by atoms with Crippen molar-refractivity contribution in [3.8, 4) is 34.1 Å². The van der Waals surface area contributed by atoms with E-state index in [1.807, 2.05) is 67.6 Å². The molecular formula is C22H22O3. The number of rotatable bonds is 6. The second kappa shape index (κ2) is 7.75. The zero-order chi connectivity index (χ0) is 17.6. The lowest BCUT2D eigenvalue weighted by molar-refractivity contribution is 0.210. The summed E-state index contributed by atoms with van der Waals surface area (Å²) in [7, 11) is 0. The number of ether oxygens (including phenoxy) is 2. The molecule has 0 fully saturated rings. The molecule has 0 aliphatic rings. The smallest absolute Gasteiger partial charge is 0.169 e. The highest BCUT2D eigenvalue weighted by atomic mass is 16.5. The van der Waals surface area contributed by atoms with Gasteiger partial charge in [0.05, 0.1) is 6.10 Å². The summed E-state index contributed by atoms with van der Waals surface area (Å²) in [5, 5.41) is 9.61. The quantitative estimate of drug-likeness (QED) is 0.598. The van der Waals surface area contributed by atoms with Gasteiger partial charge in [0.1, 0.15) is 11.5 Å². The summed E-state index contributed by atoms with van der Waals surface area (Å²) in [4.78, 5) is 0. The highest BCUT2D eigenvalue weighted by Crippen LogP contribution is 2.33. The maximum atomic E-state index is 9.61. The molecule has 3 aromatic carbocycles. The lowest BCUT2D eigenvalue weighted by atomic mass is 10.1. The predicted molar refractivity (Wildman–Crippen MR) is 100 cm³/mol. The summed E-state index contributed by atoms with van der Waals surface area (Å²) >= 11 is 0. The molecule has 3 aromatic rings. The number of phenols is 1. The van der Waals surface area contributed by atoms with E-state index in [1.54, 1.807) is 12.1 Å². The van der Waals surface area contributed by atoms with Gasteiger partial charge in [-0.25, -0.2) is 0 Å². The molecule has 0 bridgehead atoms. The van der Waals surface area contributed by atoms with Gasteiger partial charge in [-0.3, -0.25) is 0 Å². The van der Waals surface area contributed by atoms with Crippen LogP contribution in [0.2, 0.25) is 0 Å². The zero-order valence-corrected chi connectivity index (χ0v) is 14.5. The van der Waals surface area contributed by atoms with E-state index in [2.05, 4.69) is 6.92 Å². The SMILES string of the molecule is CCC(C)Oc1ccccc1Oc1ccc(-c2cccc(O)c2)cc1. The number of para-hydroxylation sites is 2. The molecule has 0 aliphatic heterocycles. The van der Waals surface area contributed by atoms with Gasteiger partial charge in [0, 0.05) is 0 Å². The summed E-state index contributed by atoms with van der Waals surface area (Å²) in [5.74, 6) is 2.44. The van der Waals surface area contributed by atoms with Gasteiger partial charge in [-0.1, -0.05) is 43.3 Å². The van der Waals surface area contributed by atoms with Crippen LogP contribution in [0.25, 0.3) is 11.1 Å². The predicted octanol–water partition coefficient (Wildman–Crippen LogP) is 6.03. The summed E-state index contributed by atoms with van der Waals surface area (Å²) in [6.07, 6.45) is 1.07.